The molecule has 0 spiro atoms. The highest BCUT2D eigenvalue weighted by Crippen LogP contribution is 2.25. The minimum atomic E-state index is 0. The van der Waals surface area contributed by atoms with Crippen molar-refractivity contribution in [3.63, 3.8) is 0 Å². The fourth-order valence-electron chi connectivity index (χ4n) is 3.10. The van der Waals surface area contributed by atoms with E-state index in [1.807, 2.05) is 37.0 Å². The molecule has 1 aromatic rings. The Bertz CT molecular complexity index is 622. The van der Waals surface area contributed by atoms with E-state index in [1.54, 1.807) is 14.2 Å². The van der Waals surface area contributed by atoms with Gasteiger partial charge in [-0.2, -0.15) is 11.8 Å². The van der Waals surface area contributed by atoms with Crippen LogP contribution in [0, 0.1) is 0 Å². The van der Waals surface area contributed by atoms with E-state index in [2.05, 4.69) is 32.8 Å². The molecule has 2 rings (SSSR count). The van der Waals surface area contributed by atoms with Gasteiger partial charge in [-0.25, -0.2) is 0 Å². The van der Waals surface area contributed by atoms with Crippen molar-refractivity contribution in [3.05, 3.63) is 36.4 Å². The third kappa shape index (κ3) is 7.71. The molecule has 0 saturated carbocycles. The van der Waals surface area contributed by atoms with Gasteiger partial charge in [0.05, 0.1) is 14.2 Å². The van der Waals surface area contributed by atoms with Crippen molar-refractivity contribution in [2.75, 3.05) is 65.5 Å². The Morgan fingerprint density at radius 2 is 2.00 bits per heavy atom. The lowest BCUT2D eigenvalue weighted by Crippen LogP contribution is -2.52. The molecule has 1 aliphatic heterocycles. The number of piperazine rings is 1. The first-order valence-corrected chi connectivity index (χ1v) is 10.4. The molecule has 1 fully saturated rings. The molecule has 1 aliphatic rings. The van der Waals surface area contributed by atoms with Crippen LogP contribution in [0.5, 0.6) is 11.5 Å². The summed E-state index contributed by atoms with van der Waals surface area (Å²) in [6, 6.07) is 5.97. The molecule has 158 valence electrons. The fraction of sp³-hybridized carbons (Fsp3) is 0.550. The van der Waals surface area contributed by atoms with E-state index in [4.69, 9.17) is 9.47 Å². The number of ether oxygens (including phenoxy) is 2. The summed E-state index contributed by atoms with van der Waals surface area (Å²) in [5.74, 6) is 4.82. The number of hydrogen-bond acceptors (Lipinski definition) is 5. The topological polar surface area (TPSA) is 49.3 Å². The quantitative estimate of drug-likeness (QED) is 0.178. The molecule has 6 nitrogen and oxygen atoms in total. The second-order valence-electron chi connectivity index (χ2n) is 6.28. The number of hydrogen-bond donors (Lipinski definition) is 1. The van der Waals surface area contributed by atoms with Gasteiger partial charge in [-0.3, -0.25) is 9.89 Å². The molecule has 1 aromatic carbocycles. The normalized spacial score (nSPS) is 15.0. The van der Waals surface area contributed by atoms with Gasteiger partial charge in [0.15, 0.2) is 5.96 Å². The molecule has 1 heterocycles. The van der Waals surface area contributed by atoms with Crippen LogP contribution in [0.15, 0.2) is 35.8 Å². The monoisotopic (exact) mass is 520 g/mol. The van der Waals surface area contributed by atoms with Gasteiger partial charge in [0.2, 0.25) is 0 Å². The molecule has 8 heteroatoms. The first-order valence-electron chi connectivity index (χ1n) is 9.29. The minimum absolute atomic E-state index is 0. The lowest BCUT2D eigenvalue weighted by molar-refractivity contribution is 0.171. The summed E-state index contributed by atoms with van der Waals surface area (Å²) in [7, 11) is 5.26. The Labute approximate surface area is 190 Å². The Kier molecular flexibility index (Phi) is 12.4. The van der Waals surface area contributed by atoms with Gasteiger partial charge in [-0.05, 0) is 18.2 Å². The predicted molar refractivity (Wildman–Crippen MR) is 131 cm³/mol. The highest BCUT2D eigenvalue weighted by molar-refractivity contribution is 14.0. The van der Waals surface area contributed by atoms with E-state index in [1.165, 1.54) is 0 Å². The van der Waals surface area contributed by atoms with Crippen LogP contribution in [0.3, 0.4) is 0 Å². The lowest BCUT2D eigenvalue weighted by Gasteiger charge is -2.36. The third-order valence-electron chi connectivity index (χ3n) is 4.53. The average molecular weight is 520 g/mol. The van der Waals surface area contributed by atoms with Gasteiger partial charge in [0.25, 0.3) is 0 Å². The molecule has 0 aliphatic carbocycles. The van der Waals surface area contributed by atoms with Crippen LogP contribution in [-0.4, -0.2) is 81.3 Å². The third-order valence-corrected chi connectivity index (χ3v) is 5.49. The summed E-state index contributed by atoms with van der Waals surface area (Å²) in [6.45, 7) is 9.44. The Morgan fingerprint density at radius 1 is 1.25 bits per heavy atom. The van der Waals surface area contributed by atoms with Crippen LogP contribution in [0.2, 0.25) is 0 Å². The second-order valence-corrected chi connectivity index (χ2v) is 7.43. The van der Waals surface area contributed by atoms with E-state index in [0.717, 1.165) is 73.8 Å². The van der Waals surface area contributed by atoms with Gasteiger partial charge >= 0.3 is 0 Å². The molecule has 0 atom stereocenters. The van der Waals surface area contributed by atoms with E-state index < -0.39 is 0 Å². The second kappa shape index (κ2) is 13.9. The SMILES string of the molecule is C=CCSCCNC(=NC)N1CCN(Cc2cc(OC)ccc2OC)CC1.I. The molecule has 0 amide bonds. The highest BCUT2D eigenvalue weighted by Gasteiger charge is 2.20. The van der Waals surface area contributed by atoms with E-state index in [9.17, 15) is 0 Å². The van der Waals surface area contributed by atoms with Crippen molar-refractivity contribution in [3.8, 4) is 11.5 Å². The largest absolute Gasteiger partial charge is 0.497 e. The Hall–Kier alpha value is -1.13. The highest BCUT2D eigenvalue weighted by atomic mass is 127. The number of nitrogens with zero attached hydrogens (tertiary/aromatic N) is 3. The van der Waals surface area contributed by atoms with Crippen LogP contribution < -0.4 is 14.8 Å². The predicted octanol–water partition coefficient (Wildman–Crippen LogP) is 2.93. The number of benzene rings is 1. The number of aliphatic imine (C=N–C) groups is 1. The molecule has 0 aromatic heterocycles. The molecule has 1 saturated heterocycles. The summed E-state index contributed by atoms with van der Waals surface area (Å²) in [5.41, 5.74) is 1.16. The number of rotatable bonds is 9. The number of guanidine groups is 1. The molecular formula is C20H33IN4O2S. The van der Waals surface area contributed by atoms with Crippen LogP contribution in [0.4, 0.5) is 0 Å². The van der Waals surface area contributed by atoms with Crippen molar-refractivity contribution < 1.29 is 9.47 Å². The van der Waals surface area contributed by atoms with Crippen molar-refractivity contribution in [1.29, 1.82) is 0 Å². The number of nitrogens with one attached hydrogen (secondary N) is 1. The van der Waals surface area contributed by atoms with Gasteiger partial charge in [0.1, 0.15) is 11.5 Å². The van der Waals surface area contributed by atoms with Gasteiger partial charge < -0.3 is 19.7 Å². The zero-order valence-corrected chi connectivity index (χ0v) is 20.3. The van der Waals surface area contributed by atoms with Gasteiger partial charge in [-0.1, -0.05) is 6.08 Å². The van der Waals surface area contributed by atoms with E-state index in [-0.39, 0.29) is 24.0 Å². The molecule has 28 heavy (non-hydrogen) atoms. The van der Waals surface area contributed by atoms with Crippen LogP contribution >= 0.6 is 35.7 Å². The maximum Gasteiger partial charge on any atom is 0.193 e. The summed E-state index contributed by atoms with van der Waals surface area (Å²) in [4.78, 5) is 9.21. The van der Waals surface area contributed by atoms with E-state index >= 15 is 0 Å². The Morgan fingerprint density at radius 3 is 2.61 bits per heavy atom. The van der Waals surface area contributed by atoms with Gasteiger partial charge in [0, 0.05) is 63.4 Å². The molecule has 0 unspecified atom stereocenters. The zero-order chi connectivity index (χ0) is 19.5. The maximum atomic E-state index is 5.51. The van der Waals surface area contributed by atoms with Crippen molar-refractivity contribution in [2.45, 2.75) is 6.54 Å². The molecule has 0 bridgehead atoms. The van der Waals surface area contributed by atoms with Crippen LogP contribution in [-0.2, 0) is 6.54 Å². The smallest absolute Gasteiger partial charge is 0.193 e. The summed E-state index contributed by atoms with van der Waals surface area (Å²) in [6.07, 6.45) is 1.94. The number of methoxy groups -OCH3 is 2. The van der Waals surface area contributed by atoms with Gasteiger partial charge in [-0.15, -0.1) is 30.6 Å². The lowest BCUT2D eigenvalue weighted by atomic mass is 10.1. The number of thioether (sulfide) groups is 1. The summed E-state index contributed by atoms with van der Waals surface area (Å²) in [5, 5.41) is 3.46. The molecular weight excluding hydrogens is 487 g/mol. The zero-order valence-electron chi connectivity index (χ0n) is 17.1. The summed E-state index contributed by atoms with van der Waals surface area (Å²) < 4.78 is 10.9. The van der Waals surface area contributed by atoms with Crippen molar-refractivity contribution in [2.24, 2.45) is 4.99 Å². The van der Waals surface area contributed by atoms with Crippen molar-refractivity contribution >= 4 is 41.7 Å². The van der Waals surface area contributed by atoms with Crippen LogP contribution in [0.25, 0.3) is 0 Å². The van der Waals surface area contributed by atoms with Crippen molar-refractivity contribution in [1.82, 2.24) is 15.1 Å². The van der Waals surface area contributed by atoms with E-state index in [0.29, 0.717) is 0 Å². The molecule has 0 radical (unpaired) electrons. The Balaban J connectivity index is 0.00000392. The number of halogens is 1. The standard InChI is InChI=1S/C20H32N4O2S.HI/c1-5-13-27-14-8-22-20(21-2)24-11-9-23(10-12-24)16-17-15-18(25-3)6-7-19(17)26-4;/h5-7,15H,1,8-14,16H2,2-4H3,(H,21,22);1H. The van der Waals surface area contributed by atoms with Crippen LogP contribution in [0.1, 0.15) is 5.56 Å². The fourth-order valence-corrected chi connectivity index (χ4v) is 3.68. The first kappa shape index (κ1) is 24.9. The minimum Gasteiger partial charge on any atom is -0.497 e. The first-order chi connectivity index (χ1) is 13.2. The molecule has 1 N–H and O–H groups in total. The average Bonchev–Trinajstić information content (AvgIpc) is 2.71. The maximum absolute atomic E-state index is 5.51. The summed E-state index contributed by atoms with van der Waals surface area (Å²) >= 11 is 1.88.